The molecule has 4 aromatic rings. The van der Waals surface area contributed by atoms with E-state index in [9.17, 15) is 5.11 Å². The Hall–Kier alpha value is -3.16. The predicted molar refractivity (Wildman–Crippen MR) is 108 cm³/mol. The lowest BCUT2D eigenvalue weighted by Crippen LogP contribution is -2.02. The molecule has 0 aliphatic heterocycles. The number of pyridine rings is 1. The molecule has 0 aliphatic rings. The molecule has 0 amide bonds. The van der Waals surface area contributed by atoms with Crippen molar-refractivity contribution < 1.29 is 5.11 Å². The van der Waals surface area contributed by atoms with Gasteiger partial charge in [0.05, 0.1) is 41.6 Å². The van der Waals surface area contributed by atoms with Crippen LogP contribution < -0.4 is 5.73 Å². The summed E-state index contributed by atoms with van der Waals surface area (Å²) in [5.74, 6) is 0.667. The van der Waals surface area contributed by atoms with Crippen LogP contribution >= 0.6 is 0 Å². The summed E-state index contributed by atoms with van der Waals surface area (Å²) in [5, 5.41) is 14.8. The second kappa shape index (κ2) is 8.24. The first-order valence-corrected chi connectivity index (χ1v) is 9.35. The zero-order chi connectivity index (χ0) is 19.3. The number of unbranched alkanes of at least 4 members (excludes halogenated alkanes) is 1. The largest absolute Gasteiger partial charge is 0.390 e. The van der Waals surface area contributed by atoms with Crippen LogP contribution in [0.4, 0.5) is 0 Å². The van der Waals surface area contributed by atoms with Crippen molar-refractivity contribution in [1.82, 2.24) is 24.7 Å². The third-order valence-corrected chi connectivity index (χ3v) is 4.61. The van der Waals surface area contributed by atoms with Crippen molar-refractivity contribution in [2.24, 2.45) is 5.73 Å². The first-order valence-electron chi connectivity index (χ1n) is 9.35. The minimum absolute atomic E-state index is 0.106. The van der Waals surface area contributed by atoms with Crippen LogP contribution in [-0.4, -0.2) is 36.4 Å². The third kappa shape index (κ3) is 3.76. The van der Waals surface area contributed by atoms with Crippen LogP contribution in [0.1, 0.15) is 24.2 Å². The Bertz CT molecular complexity index is 1090. The van der Waals surface area contributed by atoms with Crippen LogP contribution in [0.2, 0.25) is 0 Å². The van der Waals surface area contributed by atoms with Crippen molar-refractivity contribution >= 4 is 10.9 Å². The Labute approximate surface area is 162 Å². The van der Waals surface area contributed by atoms with Crippen LogP contribution in [0.15, 0.2) is 55.0 Å². The lowest BCUT2D eigenvalue weighted by Gasteiger charge is -2.07. The number of nitrogens with zero attached hydrogens (tertiary/aromatic N) is 5. The molecule has 0 fully saturated rings. The highest BCUT2D eigenvalue weighted by Crippen LogP contribution is 2.24. The van der Waals surface area contributed by atoms with Crippen LogP contribution in [0.5, 0.6) is 0 Å². The zero-order valence-electron chi connectivity index (χ0n) is 15.5. The molecule has 0 bridgehead atoms. The minimum Gasteiger partial charge on any atom is -0.390 e. The number of benzene rings is 1. The van der Waals surface area contributed by atoms with Gasteiger partial charge in [-0.15, -0.1) is 0 Å². The lowest BCUT2D eigenvalue weighted by atomic mass is 10.1. The predicted octanol–water partition coefficient (Wildman–Crippen LogP) is 2.65. The molecule has 0 unspecified atom stereocenters. The van der Waals surface area contributed by atoms with E-state index in [4.69, 9.17) is 10.7 Å². The normalized spacial score (nSPS) is 11.2. The summed E-state index contributed by atoms with van der Waals surface area (Å²) in [6.45, 7) is 0.587. The summed E-state index contributed by atoms with van der Waals surface area (Å²) >= 11 is 0. The smallest absolute Gasteiger partial charge is 0.154 e. The fourth-order valence-corrected chi connectivity index (χ4v) is 3.15. The minimum atomic E-state index is -0.106. The van der Waals surface area contributed by atoms with E-state index in [-0.39, 0.29) is 6.61 Å². The van der Waals surface area contributed by atoms with E-state index in [0.29, 0.717) is 18.1 Å². The maximum absolute atomic E-state index is 9.35. The number of fused-ring (bicyclic) bond motifs is 1. The van der Waals surface area contributed by atoms with Crippen molar-refractivity contribution in [3.8, 4) is 17.1 Å². The third-order valence-electron chi connectivity index (χ3n) is 4.61. The molecule has 0 saturated heterocycles. The van der Waals surface area contributed by atoms with E-state index in [1.165, 1.54) is 0 Å². The van der Waals surface area contributed by atoms with E-state index in [0.717, 1.165) is 47.1 Å². The molecule has 3 heterocycles. The van der Waals surface area contributed by atoms with Gasteiger partial charge in [0.15, 0.2) is 5.82 Å². The van der Waals surface area contributed by atoms with Crippen LogP contribution in [0.3, 0.4) is 0 Å². The highest BCUT2D eigenvalue weighted by atomic mass is 16.3. The molecule has 7 heteroatoms. The average Bonchev–Trinajstić information content (AvgIpc) is 3.17. The molecule has 0 radical (unpaired) electrons. The van der Waals surface area contributed by atoms with E-state index in [1.54, 1.807) is 23.1 Å². The van der Waals surface area contributed by atoms with E-state index in [1.807, 2.05) is 36.5 Å². The van der Waals surface area contributed by atoms with E-state index < -0.39 is 0 Å². The maximum atomic E-state index is 9.35. The van der Waals surface area contributed by atoms with Gasteiger partial charge in [-0.05, 0) is 44.0 Å². The molecule has 3 N–H and O–H groups in total. The topological polar surface area (TPSA) is 103 Å². The zero-order valence-corrected chi connectivity index (χ0v) is 15.5. The summed E-state index contributed by atoms with van der Waals surface area (Å²) < 4.78 is 1.77. The van der Waals surface area contributed by atoms with Crippen molar-refractivity contribution in [2.45, 2.75) is 25.9 Å². The molecular weight excluding hydrogens is 352 g/mol. The fourth-order valence-electron chi connectivity index (χ4n) is 3.15. The second-order valence-corrected chi connectivity index (χ2v) is 6.62. The molecule has 0 saturated carbocycles. The second-order valence-electron chi connectivity index (χ2n) is 6.62. The van der Waals surface area contributed by atoms with Gasteiger partial charge in [-0.2, -0.15) is 5.10 Å². The number of hydrogen-bond donors (Lipinski definition) is 2. The molecule has 0 spiro atoms. The molecule has 3 aromatic heterocycles. The highest BCUT2D eigenvalue weighted by molar-refractivity contribution is 5.84. The Morgan fingerprint density at radius 1 is 0.964 bits per heavy atom. The number of aromatic nitrogens is 5. The summed E-state index contributed by atoms with van der Waals surface area (Å²) in [4.78, 5) is 13.6. The highest BCUT2D eigenvalue weighted by Gasteiger charge is 2.10. The van der Waals surface area contributed by atoms with Gasteiger partial charge in [-0.25, -0.2) is 14.6 Å². The molecule has 0 atom stereocenters. The molecule has 7 nitrogen and oxygen atoms in total. The fraction of sp³-hybridized carbons (Fsp3) is 0.238. The summed E-state index contributed by atoms with van der Waals surface area (Å²) in [5.41, 5.74) is 9.88. The first-order chi connectivity index (χ1) is 13.8. The van der Waals surface area contributed by atoms with Crippen LogP contribution in [-0.2, 0) is 13.0 Å². The number of hydrogen-bond acceptors (Lipinski definition) is 6. The van der Waals surface area contributed by atoms with Gasteiger partial charge in [0.1, 0.15) is 0 Å². The van der Waals surface area contributed by atoms with E-state index >= 15 is 0 Å². The van der Waals surface area contributed by atoms with Gasteiger partial charge in [0.25, 0.3) is 0 Å². The molecule has 0 aliphatic carbocycles. The summed E-state index contributed by atoms with van der Waals surface area (Å²) in [7, 11) is 0. The summed E-state index contributed by atoms with van der Waals surface area (Å²) in [6.07, 6.45) is 8.26. The Morgan fingerprint density at radius 3 is 2.75 bits per heavy atom. The Kier molecular flexibility index (Phi) is 5.36. The van der Waals surface area contributed by atoms with Crippen LogP contribution in [0.25, 0.3) is 28.0 Å². The average molecular weight is 374 g/mol. The van der Waals surface area contributed by atoms with Gasteiger partial charge in [0.2, 0.25) is 0 Å². The van der Waals surface area contributed by atoms with Gasteiger partial charge >= 0.3 is 0 Å². The van der Waals surface area contributed by atoms with Gasteiger partial charge in [0, 0.05) is 17.1 Å². The monoisotopic (exact) mass is 374 g/mol. The number of aliphatic hydroxyl groups is 1. The standard InChI is InChI=1S/C21H22N6O/c22-9-2-1-4-17-12-23-13-19(25-17)15-7-8-16-11-24-27(20(16)10-15)21-6-3-5-18(14-28)26-21/h3,5-8,10-13,28H,1-2,4,9,14,22H2. The van der Waals surface area contributed by atoms with Crippen molar-refractivity contribution in [3.63, 3.8) is 0 Å². The number of nitrogens with two attached hydrogens (primary N) is 1. The Balaban J connectivity index is 1.71. The Morgan fingerprint density at radius 2 is 1.89 bits per heavy atom. The van der Waals surface area contributed by atoms with Gasteiger partial charge in [-0.1, -0.05) is 18.2 Å². The van der Waals surface area contributed by atoms with Crippen molar-refractivity contribution in [1.29, 1.82) is 0 Å². The number of rotatable bonds is 7. The molecule has 142 valence electrons. The van der Waals surface area contributed by atoms with Gasteiger partial charge < -0.3 is 10.8 Å². The molecule has 28 heavy (non-hydrogen) atoms. The molecule has 1 aromatic carbocycles. The SMILES string of the molecule is NCCCCc1cncc(-c2ccc3cnn(-c4cccc(CO)n4)c3c2)n1. The van der Waals surface area contributed by atoms with Crippen molar-refractivity contribution in [2.75, 3.05) is 6.54 Å². The van der Waals surface area contributed by atoms with Crippen LogP contribution in [0, 0.1) is 0 Å². The maximum Gasteiger partial charge on any atom is 0.154 e. The molecule has 4 rings (SSSR count). The van der Waals surface area contributed by atoms with Gasteiger partial charge in [-0.3, -0.25) is 4.98 Å². The first kappa shape index (κ1) is 18.2. The molecular formula is C21H22N6O. The quantitative estimate of drug-likeness (QED) is 0.482. The summed E-state index contributed by atoms with van der Waals surface area (Å²) in [6, 6.07) is 11.6. The number of aryl methyl sites for hydroxylation is 1. The van der Waals surface area contributed by atoms with Crippen molar-refractivity contribution in [3.05, 3.63) is 66.4 Å². The number of aliphatic hydroxyl groups excluding tert-OH is 1. The van der Waals surface area contributed by atoms with E-state index in [2.05, 4.69) is 15.1 Å². The lowest BCUT2D eigenvalue weighted by molar-refractivity contribution is 0.276.